The highest BCUT2D eigenvalue weighted by Crippen LogP contribution is 2.31. The van der Waals surface area contributed by atoms with Crippen molar-refractivity contribution in [1.82, 2.24) is 15.1 Å². The molecule has 1 N–H and O–H groups in total. The Morgan fingerprint density at radius 3 is 2.42 bits per heavy atom. The SMILES string of the molecule is CC(C(c1ccccc1Br)N(C)C)N1CCNCC1. The molecule has 0 aromatic heterocycles. The molecule has 1 fully saturated rings. The van der Waals surface area contributed by atoms with Gasteiger partial charge in [-0.2, -0.15) is 0 Å². The van der Waals surface area contributed by atoms with Crippen molar-refractivity contribution in [3.8, 4) is 0 Å². The van der Waals surface area contributed by atoms with Gasteiger partial charge in [-0.1, -0.05) is 34.1 Å². The molecule has 1 heterocycles. The first kappa shape index (κ1) is 15.0. The zero-order valence-corrected chi connectivity index (χ0v) is 13.7. The Kier molecular flexibility index (Phi) is 5.39. The molecule has 19 heavy (non-hydrogen) atoms. The minimum Gasteiger partial charge on any atom is -0.314 e. The number of piperazine rings is 1. The molecule has 1 aliphatic rings. The van der Waals surface area contributed by atoms with E-state index >= 15 is 0 Å². The summed E-state index contributed by atoms with van der Waals surface area (Å²) in [5, 5.41) is 3.42. The van der Waals surface area contributed by atoms with E-state index in [0.29, 0.717) is 12.1 Å². The average Bonchev–Trinajstić information content (AvgIpc) is 2.42. The third kappa shape index (κ3) is 3.57. The van der Waals surface area contributed by atoms with Crippen molar-refractivity contribution >= 4 is 15.9 Å². The van der Waals surface area contributed by atoms with Gasteiger partial charge >= 0.3 is 0 Å². The fourth-order valence-corrected chi connectivity index (χ4v) is 3.49. The maximum absolute atomic E-state index is 3.70. The lowest BCUT2D eigenvalue weighted by Crippen LogP contribution is -2.51. The standard InChI is InChI=1S/C15H24BrN3/c1-12(19-10-8-17-9-11-19)15(18(2)3)13-6-4-5-7-14(13)16/h4-7,12,15,17H,8-11H2,1-3H3. The molecule has 1 aromatic carbocycles. The predicted octanol–water partition coefficient (Wildman–Crippen LogP) is 2.35. The number of benzene rings is 1. The lowest BCUT2D eigenvalue weighted by atomic mass is 9.97. The molecule has 3 nitrogen and oxygen atoms in total. The Morgan fingerprint density at radius 1 is 1.21 bits per heavy atom. The van der Waals surface area contributed by atoms with Crippen LogP contribution in [-0.2, 0) is 0 Å². The summed E-state index contributed by atoms with van der Waals surface area (Å²) in [6, 6.07) is 9.49. The summed E-state index contributed by atoms with van der Waals surface area (Å²) in [6.07, 6.45) is 0. The van der Waals surface area contributed by atoms with Gasteiger partial charge in [-0.05, 0) is 32.6 Å². The van der Waals surface area contributed by atoms with Crippen LogP contribution in [0.4, 0.5) is 0 Å². The number of rotatable bonds is 4. The van der Waals surface area contributed by atoms with Gasteiger partial charge in [0.05, 0.1) is 6.04 Å². The van der Waals surface area contributed by atoms with Crippen LogP contribution in [0.1, 0.15) is 18.5 Å². The molecule has 0 amide bonds. The second-order valence-corrected chi connectivity index (χ2v) is 6.31. The molecule has 4 heteroatoms. The quantitative estimate of drug-likeness (QED) is 0.916. The molecule has 0 bridgehead atoms. The molecule has 0 aliphatic carbocycles. The first-order chi connectivity index (χ1) is 9.11. The van der Waals surface area contributed by atoms with Gasteiger partial charge in [0.15, 0.2) is 0 Å². The van der Waals surface area contributed by atoms with Gasteiger partial charge in [-0.25, -0.2) is 0 Å². The summed E-state index contributed by atoms with van der Waals surface area (Å²) in [4.78, 5) is 4.91. The van der Waals surface area contributed by atoms with Crippen molar-refractivity contribution in [3.63, 3.8) is 0 Å². The number of hydrogen-bond donors (Lipinski definition) is 1. The normalized spacial score (nSPS) is 20.5. The molecule has 2 unspecified atom stereocenters. The number of hydrogen-bond acceptors (Lipinski definition) is 3. The van der Waals surface area contributed by atoms with Gasteiger partial charge in [0, 0.05) is 36.7 Å². The van der Waals surface area contributed by atoms with Gasteiger partial charge in [0.1, 0.15) is 0 Å². The van der Waals surface area contributed by atoms with Crippen LogP contribution in [0.5, 0.6) is 0 Å². The van der Waals surface area contributed by atoms with Crippen molar-refractivity contribution < 1.29 is 0 Å². The number of nitrogens with zero attached hydrogens (tertiary/aromatic N) is 2. The van der Waals surface area contributed by atoms with Crippen molar-refractivity contribution in [2.75, 3.05) is 40.3 Å². The molecule has 2 atom stereocenters. The van der Waals surface area contributed by atoms with Crippen molar-refractivity contribution in [3.05, 3.63) is 34.3 Å². The lowest BCUT2D eigenvalue weighted by molar-refractivity contribution is 0.106. The van der Waals surface area contributed by atoms with E-state index in [-0.39, 0.29) is 0 Å². The highest BCUT2D eigenvalue weighted by atomic mass is 79.9. The molecule has 0 radical (unpaired) electrons. The van der Waals surface area contributed by atoms with Gasteiger partial charge in [-0.15, -0.1) is 0 Å². The number of likely N-dealkylation sites (N-methyl/N-ethyl adjacent to an activating group) is 1. The fourth-order valence-electron chi connectivity index (χ4n) is 2.97. The van der Waals surface area contributed by atoms with Crippen molar-refractivity contribution in [2.45, 2.75) is 19.0 Å². The molecular weight excluding hydrogens is 302 g/mol. The van der Waals surface area contributed by atoms with Crippen LogP contribution < -0.4 is 5.32 Å². The van der Waals surface area contributed by atoms with E-state index in [2.05, 4.69) is 76.3 Å². The predicted molar refractivity (Wildman–Crippen MR) is 84.5 cm³/mol. The van der Waals surface area contributed by atoms with Gasteiger partial charge in [0.25, 0.3) is 0 Å². The average molecular weight is 326 g/mol. The summed E-state index contributed by atoms with van der Waals surface area (Å²) < 4.78 is 1.20. The van der Waals surface area contributed by atoms with E-state index in [1.165, 1.54) is 10.0 Å². The van der Waals surface area contributed by atoms with E-state index in [1.807, 2.05) is 0 Å². The Labute approximate surface area is 125 Å². The molecular formula is C15H24BrN3. The maximum Gasteiger partial charge on any atom is 0.0506 e. The van der Waals surface area contributed by atoms with Gasteiger partial charge in [0.2, 0.25) is 0 Å². The van der Waals surface area contributed by atoms with Crippen molar-refractivity contribution in [1.29, 1.82) is 0 Å². The molecule has 0 saturated carbocycles. The Balaban J connectivity index is 2.22. The summed E-state index contributed by atoms with van der Waals surface area (Å²) in [5.41, 5.74) is 1.37. The summed E-state index contributed by atoms with van der Waals surface area (Å²) in [6.45, 7) is 6.81. The summed E-state index contributed by atoms with van der Waals surface area (Å²) >= 11 is 3.70. The third-order valence-corrected chi connectivity index (χ3v) is 4.69. The number of halogens is 1. The zero-order chi connectivity index (χ0) is 13.8. The highest BCUT2D eigenvalue weighted by Gasteiger charge is 2.28. The van der Waals surface area contributed by atoms with Crippen LogP contribution in [0.2, 0.25) is 0 Å². The highest BCUT2D eigenvalue weighted by molar-refractivity contribution is 9.10. The Morgan fingerprint density at radius 2 is 1.84 bits per heavy atom. The third-order valence-electron chi connectivity index (χ3n) is 3.96. The molecule has 2 rings (SSSR count). The lowest BCUT2D eigenvalue weighted by Gasteiger charge is -2.40. The van der Waals surface area contributed by atoms with Crippen LogP contribution >= 0.6 is 15.9 Å². The fraction of sp³-hybridized carbons (Fsp3) is 0.600. The maximum atomic E-state index is 3.70. The second-order valence-electron chi connectivity index (χ2n) is 5.46. The van der Waals surface area contributed by atoms with Gasteiger partial charge < -0.3 is 10.2 Å². The molecule has 1 aromatic rings. The van der Waals surface area contributed by atoms with Crippen LogP contribution in [0.15, 0.2) is 28.7 Å². The molecule has 1 saturated heterocycles. The minimum absolute atomic E-state index is 0.411. The Hall–Kier alpha value is -0.420. The largest absolute Gasteiger partial charge is 0.314 e. The van der Waals surface area contributed by atoms with Gasteiger partial charge in [-0.3, -0.25) is 4.90 Å². The first-order valence-electron chi connectivity index (χ1n) is 6.97. The van der Waals surface area contributed by atoms with E-state index in [4.69, 9.17) is 0 Å². The first-order valence-corrected chi connectivity index (χ1v) is 7.76. The smallest absolute Gasteiger partial charge is 0.0506 e. The minimum atomic E-state index is 0.411. The summed E-state index contributed by atoms with van der Waals surface area (Å²) in [5.74, 6) is 0. The molecule has 1 aliphatic heterocycles. The van der Waals surface area contributed by atoms with E-state index in [9.17, 15) is 0 Å². The zero-order valence-electron chi connectivity index (χ0n) is 12.1. The molecule has 0 spiro atoms. The number of nitrogens with one attached hydrogen (secondary N) is 1. The van der Waals surface area contributed by atoms with Crippen LogP contribution in [0.25, 0.3) is 0 Å². The van der Waals surface area contributed by atoms with E-state index in [1.54, 1.807) is 0 Å². The second kappa shape index (κ2) is 6.84. The van der Waals surface area contributed by atoms with Crippen LogP contribution in [0, 0.1) is 0 Å². The van der Waals surface area contributed by atoms with Crippen molar-refractivity contribution in [2.24, 2.45) is 0 Å². The molecule has 106 valence electrons. The van der Waals surface area contributed by atoms with E-state index < -0.39 is 0 Å². The van der Waals surface area contributed by atoms with E-state index in [0.717, 1.165) is 26.2 Å². The monoisotopic (exact) mass is 325 g/mol. The van der Waals surface area contributed by atoms with Crippen LogP contribution in [0.3, 0.4) is 0 Å². The topological polar surface area (TPSA) is 18.5 Å². The van der Waals surface area contributed by atoms with Crippen LogP contribution in [-0.4, -0.2) is 56.1 Å². The summed E-state index contributed by atoms with van der Waals surface area (Å²) in [7, 11) is 4.34. The Bertz CT molecular complexity index is 402.